The molecule has 20 heavy (non-hydrogen) atoms. The molecule has 0 bridgehead atoms. The molecule has 0 aliphatic carbocycles. The van der Waals surface area contributed by atoms with Gasteiger partial charge in [-0.2, -0.15) is 0 Å². The summed E-state index contributed by atoms with van der Waals surface area (Å²) in [5.74, 6) is -0.0402. The number of amides is 2. The molecule has 2 N–H and O–H groups in total. The van der Waals surface area contributed by atoms with Crippen LogP contribution in [0.15, 0.2) is 0 Å². The van der Waals surface area contributed by atoms with Gasteiger partial charge in [-0.15, -0.1) is 0 Å². The van der Waals surface area contributed by atoms with Crippen molar-refractivity contribution >= 4 is 11.8 Å². The molecule has 0 spiro atoms. The van der Waals surface area contributed by atoms with Crippen LogP contribution >= 0.6 is 0 Å². The Morgan fingerprint density at radius 2 is 2.25 bits per heavy atom. The number of carbonyl (C=O) groups excluding carboxylic acids is 2. The smallest absolute Gasteiger partial charge is 0.228 e. The van der Waals surface area contributed by atoms with E-state index in [0.29, 0.717) is 32.7 Å². The molecule has 0 radical (unpaired) electrons. The summed E-state index contributed by atoms with van der Waals surface area (Å²) in [4.78, 5) is 28.1. The fourth-order valence-corrected chi connectivity index (χ4v) is 3.13. The zero-order valence-electron chi connectivity index (χ0n) is 12.2. The van der Waals surface area contributed by atoms with E-state index in [-0.39, 0.29) is 23.8 Å². The number of piperidine rings is 1. The molecule has 2 saturated heterocycles. The van der Waals surface area contributed by atoms with Crippen LogP contribution in [0.2, 0.25) is 0 Å². The molecule has 2 aliphatic heterocycles. The number of hydrogen-bond acceptors (Lipinski definition) is 4. The highest BCUT2D eigenvalue weighted by Crippen LogP contribution is 2.24. The molecule has 6 heteroatoms. The van der Waals surface area contributed by atoms with E-state index in [4.69, 9.17) is 10.5 Å². The molecule has 0 saturated carbocycles. The van der Waals surface area contributed by atoms with Crippen LogP contribution in [0.3, 0.4) is 0 Å². The van der Waals surface area contributed by atoms with Gasteiger partial charge in [-0.3, -0.25) is 9.59 Å². The molecule has 2 unspecified atom stereocenters. The van der Waals surface area contributed by atoms with Gasteiger partial charge in [0.05, 0.1) is 12.5 Å². The Hall–Kier alpha value is -1.14. The summed E-state index contributed by atoms with van der Waals surface area (Å²) in [6, 6.07) is 0.152. The Morgan fingerprint density at radius 3 is 2.95 bits per heavy atom. The van der Waals surface area contributed by atoms with E-state index >= 15 is 0 Å². The largest absolute Gasteiger partial charge is 0.383 e. The highest BCUT2D eigenvalue weighted by molar-refractivity contribution is 5.89. The Balaban J connectivity index is 1.94. The number of nitrogens with zero attached hydrogens (tertiary/aromatic N) is 2. The lowest BCUT2D eigenvalue weighted by atomic mass is 9.98. The summed E-state index contributed by atoms with van der Waals surface area (Å²) in [6.45, 7) is 2.90. The molecule has 2 amide bonds. The van der Waals surface area contributed by atoms with E-state index in [2.05, 4.69) is 0 Å². The quantitative estimate of drug-likeness (QED) is 0.759. The third kappa shape index (κ3) is 3.30. The summed E-state index contributed by atoms with van der Waals surface area (Å²) in [7, 11) is 1.61. The first kappa shape index (κ1) is 15.3. The minimum Gasteiger partial charge on any atom is -0.383 e. The molecule has 114 valence electrons. The molecular weight excluding hydrogens is 258 g/mol. The Morgan fingerprint density at radius 1 is 1.45 bits per heavy atom. The summed E-state index contributed by atoms with van der Waals surface area (Å²) in [5.41, 5.74) is 5.76. The van der Waals surface area contributed by atoms with Crippen LogP contribution in [0, 0.1) is 5.92 Å². The maximum atomic E-state index is 12.6. The van der Waals surface area contributed by atoms with Crippen LogP contribution in [-0.4, -0.2) is 67.6 Å². The molecule has 0 aromatic heterocycles. The summed E-state index contributed by atoms with van der Waals surface area (Å²) in [5, 5.41) is 0. The fraction of sp³-hybridized carbons (Fsp3) is 0.857. The number of hydrogen-bond donors (Lipinski definition) is 1. The zero-order chi connectivity index (χ0) is 14.5. The topological polar surface area (TPSA) is 75.9 Å². The highest BCUT2D eigenvalue weighted by atomic mass is 16.5. The second-order valence-electron chi connectivity index (χ2n) is 5.65. The summed E-state index contributed by atoms with van der Waals surface area (Å²) in [6.07, 6.45) is 3.48. The van der Waals surface area contributed by atoms with Crippen molar-refractivity contribution in [3.63, 3.8) is 0 Å². The van der Waals surface area contributed by atoms with Crippen molar-refractivity contribution < 1.29 is 14.3 Å². The van der Waals surface area contributed by atoms with Gasteiger partial charge in [0.1, 0.15) is 0 Å². The summed E-state index contributed by atoms with van der Waals surface area (Å²) < 4.78 is 4.99. The fourth-order valence-electron chi connectivity index (χ4n) is 3.13. The van der Waals surface area contributed by atoms with E-state index < -0.39 is 0 Å². The van der Waals surface area contributed by atoms with Gasteiger partial charge in [0.2, 0.25) is 11.8 Å². The lowest BCUT2D eigenvalue weighted by Gasteiger charge is -2.36. The van der Waals surface area contributed by atoms with Crippen LogP contribution in [0.5, 0.6) is 0 Å². The highest BCUT2D eigenvalue weighted by Gasteiger charge is 2.38. The third-order valence-electron chi connectivity index (χ3n) is 4.31. The van der Waals surface area contributed by atoms with Crippen LogP contribution in [0.25, 0.3) is 0 Å². The lowest BCUT2D eigenvalue weighted by molar-refractivity contribution is -0.139. The van der Waals surface area contributed by atoms with Crippen molar-refractivity contribution in [1.29, 1.82) is 0 Å². The second-order valence-corrected chi connectivity index (χ2v) is 5.65. The number of methoxy groups -OCH3 is 1. The first-order chi connectivity index (χ1) is 9.67. The number of rotatable bonds is 5. The average molecular weight is 283 g/mol. The van der Waals surface area contributed by atoms with Crippen LogP contribution < -0.4 is 5.73 Å². The van der Waals surface area contributed by atoms with E-state index in [1.54, 1.807) is 12.0 Å². The molecule has 2 rings (SSSR count). The molecular formula is C14H25N3O3. The van der Waals surface area contributed by atoms with Crippen molar-refractivity contribution in [2.24, 2.45) is 11.7 Å². The average Bonchev–Trinajstić information content (AvgIpc) is 2.85. The minimum atomic E-state index is -0.202. The van der Waals surface area contributed by atoms with Gasteiger partial charge in [0, 0.05) is 45.8 Å². The Labute approximate surface area is 120 Å². The number of nitrogens with two attached hydrogens (primary N) is 1. The molecule has 0 aromatic carbocycles. The Kier molecular flexibility index (Phi) is 5.37. The number of ether oxygens (including phenoxy) is 1. The predicted octanol–water partition coefficient (Wildman–Crippen LogP) is -0.179. The number of likely N-dealkylation sites (tertiary alicyclic amines) is 2. The van der Waals surface area contributed by atoms with Gasteiger partial charge in [0.15, 0.2) is 0 Å². The molecule has 2 heterocycles. The monoisotopic (exact) mass is 283 g/mol. The van der Waals surface area contributed by atoms with Crippen LogP contribution in [-0.2, 0) is 14.3 Å². The van der Waals surface area contributed by atoms with Crippen LogP contribution in [0.1, 0.15) is 25.7 Å². The molecule has 2 fully saturated rings. The van der Waals surface area contributed by atoms with Gasteiger partial charge in [0.25, 0.3) is 0 Å². The van der Waals surface area contributed by atoms with E-state index in [0.717, 1.165) is 25.8 Å². The maximum Gasteiger partial charge on any atom is 0.228 e. The van der Waals surface area contributed by atoms with E-state index in [9.17, 15) is 9.59 Å². The van der Waals surface area contributed by atoms with Crippen LogP contribution in [0.4, 0.5) is 0 Å². The van der Waals surface area contributed by atoms with Gasteiger partial charge in [-0.1, -0.05) is 0 Å². The van der Waals surface area contributed by atoms with E-state index in [1.807, 2.05) is 4.90 Å². The number of carbonyl (C=O) groups is 2. The second kappa shape index (κ2) is 7.04. The SMILES string of the molecule is COCCN1CC(C(=O)N2CCCCC2CN)CC1=O. The third-order valence-corrected chi connectivity index (χ3v) is 4.31. The van der Waals surface area contributed by atoms with Gasteiger partial charge in [-0.05, 0) is 19.3 Å². The molecule has 2 aliphatic rings. The normalized spacial score (nSPS) is 27.2. The lowest BCUT2D eigenvalue weighted by Crippen LogP contribution is -2.50. The summed E-state index contributed by atoms with van der Waals surface area (Å²) >= 11 is 0. The Bertz CT molecular complexity index is 362. The van der Waals surface area contributed by atoms with Crippen molar-refractivity contribution in [2.75, 3.05) is 39.9 Å². The van der Waals surface area contributed by atoms with Gasteiger partial charge < -0.3 is 20.3 Å². The van der Waals surface area contributed by atoms with Gasteiger partial charge in [-0.25, -0.2) is 0 Å². The van der Waals surface area contributed by atoms with Crippen molar-refractivity contribution in [1.82, 2.24) is 9.80 Å². The zero-order valence-corrected chi connectivity index (χ0v) is 12.2. The molecule has 0 aromatic rings. The maximum absolute atomic E-state index is 12.6. The molecule has 6 nitrogen and oxygen atoms in total. The predicted molar refractivity (Wildman–Crippen MR) is 75.0 cm³/mol. The van der Waals surface area contributed by atoms with Crippen molar-refractivity contribution in [3.8, 4) is 0 Å². The standard InChI is InChI=1S/C14H25N3O3/c1-20-7-6-16-10-11(8-13(16)18)14(19)17-5-3-2-4-12(17)9-15/h11-12H,2-10,15H2,1H3. The minimum absolute atomic E-state index is 0.0571. The van der Waals surface area contributed by atoms with Crippen molar-refractivity contribution in [2.45, 2.75) is 31.7 Å². The van der Waals surface area contributed by atoms with E-state index in [1.165, 1.54) is 0 Å². The van der Waals surface area contributed by atoms with Gasteiger partial charge >= 0.3 is 0 Å². The molecule has 2 atom stereocenters. The van der Waals surface area contributed by atoms with Crippen molar-refractivity contribution in [3.05, 3.63) is 0 Å². The first-order valence-corrected chi connectivity index (χ1v) is 7.44. The first-order valence-electron chi connectivity index (χ1n) is 7.44.